The molecule has 0 saturated carbocycles. The molecule has 0 aliphatic heterocycles. The molecule has 0 aliphatic carbocycles. The van der Waals surface area contributed by atoms with Crippen LogP contribution in [0, 0.1) is 0 Å². The molecule has 2 rings (SSSR count). The Labute approximate surface area is 140 Å². The van der Waals surface area contributed by atoms with Gasteiger partial charge in [-0.1, -0.05) is 41.9 Å². The molecular weight excluding hydrogens is 314 g/mol. The van der Waals surface area contributed by atoms with Crippen molar-refractivity contribution in [2.24, 2.45) is 0 Å². The first kappa shape index (κ1) is 17.4. The second-order valence-corrected chi connectivity index (χ2v) is 5.67. The van der Waals surface area contributed by atoms with Crippen LogP contribution in [0.5, 0.6) is 0 Å². The predicted octanol–water partition coefficient (Wildman–Crippen LogP) is 2.78. The number of aliphatic hydroxyl groups excluding tert-OH is 1. The molecule has 2 unspecified atom stereocenters. The van der Waals surface area contributed by atoms with Crippen molar-refractivity contribution in [1.29, 1.82) is 0 Å². The number of anilines is 1. The zero-order valence-electron chi connectivity index (χ0n) is 12.9. The number of aliphatic hydroxyl groups is 1. The number of hydrogen-bond acceptors (Lipinski definition) is 4. The van der Waals surface area contributed by atoms with Gasteiger partial charge in [-0.25, -0.2) is 4.98 Å². The Hall–Kier alpha value is -1.95. The first-order valence-electron chi connectivity index (χ1n) is 7.42. The van der Waals surface area contributed by atoms with Crippen LogP contribution >= 0.6 is 11.6 Å². The fourth-order valence-electron chi connectivity index (χ4n) is 2.30. The molecule has 5 nitrogen and oxygen atoms in total. The zero-order chi connectivity index (χ0) is 16.7. The molecule has 2 atom stereocenters. The molecule has 122 valence electrons. The number of nitrogens with zero attached hydrogens (tertiary/aromatic N) is 1. The van der Waals surface area contributed by atoms with Crippen LogP contribution < -0.4 is 10.6 Å². The summed E-state index contributed by atoms with van der Waals surface area (Å²) in [5.41, 5.74) is 1.48. The minimum Gasteiger partial charge on any atom is -0.394 e. The van der Waals surface area contributed by atoms with Crippen molar-refractivity contribution < 1.29 is 9.90 Å². The van der Waals surface area contributed by atoms with Crippen molar-refractivity contribution in [3.63, 3.8) is 0 Å². The Morgan fingerprint density at radius 3 is 2.65 bits per heavy atom. The maximum atomic E-state index is 12.1. The van der Waals surface area contributed by atoms with Crippen LogP contribution in [0.1, 0.15) is 24.9 Å². The number of halogens is 1. The molecule has 2 aromatic rings. The number of nitrogens with one attached hydrogen (secondary N) is 2. The van der Waals surface area contributed by atoms with Crippen molar-refractivity contribution in [3.05, 3.63) is 59.4 Å². The smallest absolute Gasteiger partial charge is 0.226 e. The molecule has 0 bridgehead atoms. The van der Waals surface area contributed by atoms with Gasteiger partial charge in [0, 0.05) is 18.7 Å². The Bertz CT molecular complexity index is 637. The average molecular weight is 334 g/mol. The molecule has 0 saturated heterocycles. The minimum atomic E-state index is -0.207. The highest BCUT2D eigenvalue weighted by molar-refractivity contribution is 6.32. The van der Waals surface area contributed by atoms with Crippen molar-refractivity contribution in [3.8, 4) is 0 Å². The van der Waals surface area contributed by atoms with E-state index in [2.05, 4.69) is 15.6 Å². The molecule has 23 heavy (non-hydrogen) atoms. The predicted molar refractivity (Wildman–Crippen MR) is 91.4 cm³/mol. The number of carbonyl (C=O) groups excluding carboxylic acids is 1. The van der Waals surface area contributed by atoms with Gasteiger partial charge in [-0.05, 0) is 24.6 Å². The van der Waals surface area contributed by atoms with E-state index in [0.717, 1.165) is 5.56 Å². The summed E-state index contributed by atoms with van der Waals surface area (Å²) in [7, 11) is 0. The van der Waals surface area contributed by atoms with E-state index >= 15 is 0 Å². The quantitative estimate of drug-likeness (QED) is 0.681. The van der Waals surface area contributed by atoms with Crippen LogP contribution in [-0.4, -0.2) is 28.6 Å². The van der Waals surface area contributed by atoms with Crippen molar-refractivity contribution in [1.82, 2.24) is 10.3 Å². The van der Waals surface area contributed by atoms with Gasteiger partial charge in [0.2, 0.25) is 5.91 Å². The normalized spacial score (nSPS) is 13.3. The van der Waals surface area contributed by atoms with Gasteiger partial charge < -0.3 is 15.7 Å². The molecule has 0 spiro atoms. The summed E-state index contributed by atoms with van der Waals surface area (Å²) in [6.45, 7) is 1.86. The van der Waals surface area contributed by atoms with E-state index in [-0.39, 0.29) is 36.2 Å². The monoisotopic (exact) mass is 333 g/mol. The van der Waals surface area contributed by atoms with E-state index in [0.29, 0.717) is 5.69 Å². The van der Waals surface area contributed by atoms with Crippen LogP contribution in [0.4, 0.5) is 5.69 Å². The van der Waals surface area contributed by atoms with E-state index in [1.165, 1.54) is 0 Å². The second kappa shape index (κ2) is 8.62. The Balaban J connectivity index is 1.89. The van der Waals surface area contributed by atoms with Crippen LogP contribution in [0.15, 0.2) is 48.7 Å². The van der Waals surface area contributed by atoms with Gasteiger partial charge in [-0.15, -0.1) is 0 Å². The summed E-state index contributed by atoms with van der Waals surface area (Å²) in [4.78, 5) is 16.0. The fourth-order valence-corrected chi connectivity index (χ4v) is 2.47. The third-order valence-corrected chi connectivity index (χ3v) is 3.70. The standard InChI is InChI=1S/C17H20ClN3O2/c1-12(20-15(11-22)13-6-3-2-4-7-13)10-16(23)21-14-8-5-9-19-17(14)18/h2-9,12,15,20,22H,10-11H2,1H3,(H,21,23). The highest BCUT2D eigenvalue weighted by Gasteiger charge is 2.16. The maximum absolute atomic E-state index is 12.1. The van der Waals surface area contributed by atoms with Gasteiger partial charge in [0.05, 0.1) is 18.3 Å². The number of benzene rings is 1. The summed E-state index contributed by atoms with van der Waals surface area (Å²) < 4.78 is 0. The lowest BCUT2D eigenvalue weighted by atomic mass is 10.1. The molecule has 1 aromatic heterocycles. The highest BCUT2D eigenvalue weighted by atomic mass is 35.5. The van der Waals surface area contributed by atoms with Gasteiger partial charge in [-0.3, -0.25) is 4.79 Å². The molecule has 6 heteroatoms. The number of aromatic nitrogens is 1. The van der Waals surface area contributed by atoms with Gasteiger partial charge in [0.1, 0.15) is 0 Å². The van der Waals surface area contributed by atoms with Crippen LogP contribution in [0.3, 0.4) is 0 Å². The first-order valence-corrected chi connectivity index (χ1v) is 7.80. The first-order chi connectivity index (χ1) is 11.1. The van der Waals surface area contributed by atoms with Gasteiger partial charge in [0.15, 0.2) is 5.15 Å². The van der Waals surface area contributed by atoms with Gasteiger partial charge >= 0.3 is 0 Å². The van der Waals surface area contributed by atoms with E-state index < -0.39 is 0 Å². The summed E-state index contributed by atoms with van der Waals surface area (Å²) in [5, 5.41) is 15.8. The van der Waals surface area contributed by atoms with Gasteiger partial charge in [-0.2, -0.15) is 0 Å². The molecule has 0 aliphatic rings. The zero-order valence-corrected chi connectivity index (χ0v) is 13.6. The molecule has 0 fully saturated rings. The maximum Gasteiger partial charge on any atom is 0.226 e. The van der Waals surface area contributed by atoms with E-state index in [1.54, 1.807) is 18.3 Å². The lowest BCUT2D eigenvalue weighted by Crippen LogP contribution is -2.35. The van der Waals surface area contributed by atoms with Crippen LogP contribution in [0.2, 0.25) is 5.15 Å². The SMILES string of the molecule is CC(CC(=O)Nc1cccnc1Cl)NC(CO)c1ccccc1. The molecule has 0 radical (unpaired) electrons. The van der Waals surface area contributed by atoms with E-state index in [9.17, 15) is 9.90 Å². The number of rotatable bonds is 7. The fraction of sp³-hybridized carbons (Fsp3) is 0.294. The Kier molecular flexibility index (Phi) is 6.52. The summed E-state index contributed by atoms with van der Waals surface area (Å²) in [6.07, 6.45) is 1.82. The molecule has 1 aromatic carbocycles. The van der Waals surface area contributed by atoms with Crippen molar-refractivity contribution >= 4 is 23.2 Å². The Morgan fingerprint density at radius 1 is 1.26 bits per heavy atom. The third kappa shape index (κ3) is 5.32. The molecule has 3 N–H and O–H groups in total. The largest absolute Gasteiger partial charge is 0.394 e. The number of carbonyl (C=O) groups is 1. The van der Waals surface area contributed by atoms with Crippen LogP contribution in [-0.2, 0) is 4.79 Å². The number of hydrogen-bond donors (Lipinski definition) is 3. The minimum absolute atomic E-state index is 0.0373. The lowest BCUT2D eigenvalue weighted by Gasteiger charge is -2.22. The number of amides is 1. The summed E-state index contributed by atoms with van der Waals surface area (Å²) in [6, 6.07) is 12.7. The van der Waals surface area contributed by atoms with Gasteiger partial charge in [0.25, 0.3) is 0 Å². The number of pyridine rings is 1. The van der Waals surface area contributed by atoms with Crippen LogP contribution in [0.25, 0.3) is 0 Å². The highest BCUT2D eigenvalue weighted by Crippen LogP contribution is 2.18. The molecule has 1 heterocycles. The molecular formula is C17H20ClN3O2. The third-order valence-electron chi connectivity index (χ3n) is 3.39. The Morgan fingerprint density at radius 2 is 2.00 bits per heavy atom. The summed E-state index contributed by atoms with van der Waals surface area (Å²) in [5.74, 6) is -0.162. The van der Waals surface area contributed by atoms with Crippen molar-refractivity contribution in [2.45, 2.75) is 25.4 Å². The average Bonchev–Trinajstić information content (AvgIpc) is 2.55. The topological polar surface area (TPSA) is 74.2 Å². The molecule has 1 amide bonds. The summed E-state index contributed by atoms with van der Waals surface area (Å²) >= 11 is 5.92. The second-order valence-electron chi connectivity index (χ2n) is 5.31. The lowest BCUT2D eigenvalue weighted by molar-refractivity contribution is -0.116. The van der Waals surface area contributed by atoms with E-state index in [4.69, 9.17) is 11.6 Å². The van der Waals surface area contributed by atoms with E-state index in [1.807, 2.05) is 37.3 Å². The van der Waals surface area contributed by atoms with Crippen molar-refractivity contribution in [2.75, 3.05) is 11.9 Å².